The first-order valence-corrected chi connectivity index (χ1v) is 15.3. The summed E-state index contributed by atoms with van der Waals surface area (Å²) in [6.45, 7) is 4.62. The topological polar surface area (TPSA) is 85.2 Å². The van der Waals surface area contributed by atoms with Crippen LogP contribution < -0.4 is 5.32 Å². The van der Waals surface area contributed by atoms with Crippen LogP contribution in [0.5, 0.6) is 0 Å². The minimum atomic E-state index is -0.357. The molecule has 1 fully saturated rings. The van der Waals surface area contributed by atoms with E-state index in [1.807, 2.05) is 25.4 Å². The van der Waals surface area contributed by atoms with Gasteiger partial charge in [-0.25, -0.2) is 19.2 Å². The van der Waals surface area contributed by atoms with Crippen LogP contribution in [-0.2, 0) is 11.2 Å². The van der Waals surface area contributed by atoms with E-state index in [-0.39, 0.29) is 23.9 Å². The lowest BCUT2D eigenvalue weighted by Crippen LogP contribution is -2.45. The van der Waals surface area contributed by atoms with Gasteiger partial charge in [-0.1, -0.05) is 25.8 Å². The third-order valence-electron chi connectivity index (χ3n) is 8.31. The van der Waals surface area contributed by atoms with Crippen molar-refractivity contribution in [3.8, 4) is 0 Å². The average molecular weight is 563 g/mol. The van der Waals surface area contributed by atoms with Crippen LogP contribution in [0.3, 0.4) is 0 Å². The van der Waals surface area contributed by atoms with Gasteiger partial charge in [-0.3, -0.25) is 4.98 Å². The molecule has 0 saturated heterocycles. The third-order valence-corrected chi connectivity index (χ3v) is 8.31. The molecule has 8 nitrogen and oxygen atoms in total. The number of unbranched alkanes of at least 4 members (excludes halogenated alkanes) is 4. The molecule has 0 aromatic carbocycles. The summed E-state index contributed by atoms with van der Waals surface area (Å²) >= 11 is 0. The first-order valence-electron chi connectivity index (χ1n) is 15.3. The van der Waals surface area contributed by atoms with Crippen LogP contribution in [0, 0.1) is 5.82 Å². The van der Waals surface area contributed by atoms with Crippen LogP contribution in [0.25, 0.3) is 16.6 Å². The Morgan fingerprint density at radius 2 is 2.00 bits per heavy atom. The number of allylic oxidation sites excluding steroid dienone is 1. The number of amides is 2. The van der Waals surface area contributed by atoms with E-state index in [1.165, 1.54) is 25.1 Å². The van der Waals surface area contributed by atoms with E-state index in [0.29, 0.717) is 12.2 Å². The van der Waals surface area contributed by atoms with Crippen LogP contribution in [0.4, 0.5) is 9.18 Å². The molecule has 5 rings (SSSR count). The number of hydrogen-bond donors (Lipinski definition) is 1. The first kappa shape index (κ1) is 29.2. The summed E-state index contributed by atoms with van der Waals surface area (Å²) in [4.78, 5) is 28.5. The fourth-order valence-electron chi connectivity index (χ4n) is 5.97. The summed E-state index contributed by atoms with van der Waals surface area (Å²) in [5.74, 6) is 0.235. The third kappa shape index (κ3) is 7.31. The molecule has 1 saturated carbocycles. The van der Waals surface area contributed by atoms with Crippen LogP contribution in [0.2, 0.25) is 0 Å². The molecule has 2 aliphatic rings. The van der Waals surface area contributed by atoms with Gasteiger partial charge in [-0.05, 0) is 63.5 Å². The molecule has 0 aliphatic heterocycles. The molecule has 0 spiro atoms. The predicted molar refractivity (Wildman–Crippen MR) is 159 cm³/mol. The maximum atomic E-state index is 13.9. The number of urea groups is 1. The van der Waals surface area contributed by atoms with Gasteiger partial charge in [-0.15, -0.1) is 0 Å². The summed E-state index contributed by atoms with van der Waals surface area (Å²) in [6, 6.07) is 3.92. The highest BCUT2D eigenvalue weighted by molar-refractivity contribution is 5.84. The second kappa shape index (κ2) is 14.0. The number of nitrogens with one attached hydrogen (secondary N) is 1. The zero-order valence-corrected chi connectivity index (χ0v) is 24.4. The first-order chi connectivity index (χ1) is 20.0. The molecule has 2 aliphatic carbocycles. The van der Waals surface area contributed by atoms with Gasteiger partial charge in [0.2, 0.25) is 0 Å². The number of nitrogens with zero attached hydrogens (tertiary/aromatic N) is 5. The number of pyridine rings is 1. The normalized spacial score (nSPS) is 18.4. The Labute approximate surface area is 242 Å². The number of ether oxygens (including phenoxy) is 1. The fraction of sp³-hybridized carbons (Fsp3) is 0.562. The van der Waals surface area contributed by atoms with E-state index in [4.69, 9.17) is 9.72 Å². The number of carbonyl (C=O) groups is 1. The smallest absolute Gasteiger partial charge is 0.317 e. The summed E-state index contributed by atoms with van der Waals surface area (Å²) in [6.07, 6.45) is 18.4. The van der Waals surface area contributed by atoms with Gasteiger partial charge in [0.25, 0.3) is 0 Å². The molecule has 9 heteroatoms. The fourth-order valence-corrected chi connectivity index (χ4v) is 5.97. The highest BCUT2D eigenvalue weighted by Gasteiger charge is 2.27. The van der Waals surface area contributed by atoms with E-state index in [0.717, 1.165) is 99.0 Å². The van der Waals surface area contributed by atoms with Gasteiger partial charge in [0.05, 0.1) is 11.9 Å². The number of aromatic nitrogens is 4. The Morgan fingerprint density at radius 1 is 1.15 bits per heavy atom. The van der Waals surface area contributed by atoms with Gasteiger partial charge in [0, 0.05) is 74.2 Å². The predicted octanol–water partition coefficient (Wildman–Crippen LogP) is 6.46. The molecule has 2 atom stereocenters. The van der Waals surface area contributed by atoms with Gasteiger partial charge in [0.15, 0.2) is 5.82 Å². The van der Waals surface area contributed by atoms with Crippen molar-refractivity contribution < 1.29 is 13.9 Å². The lowest BCUT2D eigenvalue weighted by Gasteiger charge is -2.32. The molecular weight excluding hydrogens is 519 g/mol. The van der Waals surface area contributed by atoms with Crippen molar-refractivity contribution >= 4 is 22.6 Å². The highest BCUT2D eigenvalue weighted by atomic mass is 19.1. The average Bonchev–Trinajstić information content (AvgIpc) is 3.60. The zero-order chi connectivity index (χ0) is 28.6. The summed E-state index contributed by atoms with van der Waals surface area (Å²) in [7, 11) is 1.88. The van der Waals surface area contributed by atoms with Crippen molar-refractivity contribution in [1.29, 1.82) is 0 Å². The molecular formula is C32H43FN6O2. The van der Waals surface area contributed by atoms with Crippen LogP contribution in [0.15, 0.2) is 36.8 Å². The van der Waals surface area contributed by atoms with Gasteiger partial charge in [0.1, 0.15) is 11.5 Å². The van der Waals surface area contributed by atoms with Crippen molar-refractivity contribution in [2.45, 2.75) is 89.6 Å². The Kier molecular flexibility index (Phi) is 9.98. The number of carbonyl (C=O) groups excluding carboxylic acids is 1. The van der Waals surface area contributed by atoms with Crippen molar-refractivity contribution in [2.75, 3.05) is 26.8 Å². The lowest BCUT2D eigenvalue weighted by atomic mass is 9.91. The highest BCUT2D eigenvalue weighted by Crippen LogP contribution is 2.34. The van der Waals surface area contributed by atoms with Crippen molar-refractivity contribution in [1.82, 2.24) is 29.7 Å². The maximum absolute atomic E-state index is 13.9. The van der Waals surface area contributed by atoms with E-state index in [1.54, 1.807) is 4.90 Å². The van der Waals surface area contributed by atoms with E-state index in [9.17, 15) is 9.18 Å². The van der Waals surface area contributed by atoms with Crippen LogP contribution in [-0.4, -0.2) is 63.3 Å². The molecule has 3 heterocycles. The SMILES string of the molecule is CCCCCOCCCCCN(C)C(=O)N[C@@H]1CCC[C@H](n2ccc3cnc(C4=CCc5ncc(F)cc54)nc32)C1. The molecule has 2 amide bonds. The zero-order valence-electron chi connectivity index (χ0n) is 24.4. The van der Waals surface area contributed by atoms with Gasteiger partial charge >= 0.3 is 6.03 Å². The Balaban J connectivity index is 1.14. The van der Waals surface area contributed by atoms with Crippen molar-refractivity contribution in [3.05, 3.63) is 59.7 Å². The molecule has 0 bridgehead atoms. The molecule has 0 unspecified atom stereocenters. The minimum Gasteiger partial charge on any atom is -0.381 e. The molecule has 3 aromatic heterocycles. The quantitative estimate of drug-likeness (QED) is 0.242. The number of halogens is 1. The number of rotatable bonds is 13. The minimum absolute atomic E-state index is 0.00104. The van der Waals surface area contributed by atoms with Gasteiger partial charge in [-0.2, -0.15) is 0 Å². The Morgan fingerprint density at radius 3 is 2.85 bits per heavy atom. The number of hydrogen-bond acceptors (Lipinski definition) is 5. The lowest BCUT2D eigenvalue weighted by molar-refractivity contribution is 0.125. The van der Waals surface area contributed by atoms with Crippen LogP contribution in [0.1, 0.15) is 94.3 Å². The van der Waals surface area contributed by atoms with E-state index in [2.05, 4.69) is 33.0 Å². The molecule has 41 heavy (non-hydrogen) atoms. The molecule has 3 aromatic rings. The van der Waals surface area contributed by atoms with Gasteiger partial charge < -0.3 is 19.5 Å². The summed E-state index contributed by atoms with van der Waals surface area (Å²) in [5, 5.41) is 4.25. The second-order valence-corrected chi connectivity index (χ2v) is 11.4. The van der Waals surface area contributed by atoms with Crippen molar-refractivity contribution in [2.24, 2.45) is 0 Å². The summed E-state index contributed by atoms with van der Waals surface area (Å²) < 4.78 is 21.8. The molecule has 220 valence electrons. The monoisotopic (exact) mass is 562 g/mol. The Hall–Kier alpha value is -3.33. The Bertz CT molecular complexity index is 1360. The standard InChI is InChI=1S/C32H43FN6O2/c1-3-4-7-17-41-18-8-5-6-15-38(2)32(40)36-25-10-9-11-26(20-25)39-16-14-23-21-35-30(37-31(23)39)27-12-13-29-28(27)19-24(33)22-34-29/h12,14,16,19,21-22,25-26H,3-11,13,15,17-18,20H2,1-2H3,(H,36,40)/t25-,26+/m1/s1. The maximum Gasteiger partial charge on any atom is 0.317 e. The number of fused-ring (bicyclic) bond motifs is 2. The second-order valence-electron chi connectivity index (χ2n) is 11.4. The van der Waals surface area contributed by atoms with E-state index >= 15 is 0 Å². The van der Waals surface area contributed by atoms with E-state index < -0.39 is 0 Å². The summed E-state index contributed by atoms with van der Waals surface area (Å²) in [5.41, 5.74) is 3.32. The van der Waals surface area contributed by atoms with Crippen LogP contribution >= 0.6 is 0 Å². The molecule has 0 radical (unpaired) electrons. The molecule has 1 N–H and O–H groups in total. The van der Waals surface area contributed by atoms with Crippen molar-refractivity contribution in [3.63, 3.8) is 0 Å². The largest absolute Gasteiger partial charge is 0.381 e.